The maximum atomic E-state index is 13.1. The molecule has 1 N–H and O–H groups in total. The number of piperidine rings is 1. The van der Waals surface area contributed by atoms with Crippen LogP contribution in [0.1, 0.15) is 36.8 Å². The Morgan fingerprint density at radius 3 is 2.48 bits per heavy atom. The lowest BCUT2D eigenvalue weighted by atomic mass is 9.74. The zero-order valence-electron chi connectivity index (χ0n) is 18.7. The van der Waals surface area contributed by atoms with E-state index in [0.717, 1.165) is 12.8 Å². The smallest absolute Gasteiger partial charge is 0.224 e. The third kappa shape index (κ3) is 5.96. The minimum absolute atomic E-state index is 0.0665. The van der Waals surface area contributed by atoms with Gasteiger partial charge in [0, 0.05) is 43.3 Å². The molecule has 2 aromatic carbocycles. The first kappa shape index (κ1) is 24.2. The summed E-state index contributed by atoms with van der Waals surface area (Å²) in [6.45, 7) is 2.55. The van der Waals surface area contributed by atoms with Gasteiger partial charge in [-0.2, -0.15) is 0 Å². The molecule has 0 aliphatic carbocycles. The van der Waals surface area contributed by atoms with Gasteiger partial charge in [-0.25, -0.2) is 12.7 Å². The highest BCUT2D eigenvalue weighted by Gasteiger charge is 2.37. The van der Waals surface area contributed by atoms with Crippen LogP contribution in [0.25, 0.3) is 0 Å². The summed E-state index contributed by atoms with van der Waals surface area (Å²) >= 11 is 5.91. The molecule has 178 valence electrons. The number of carbonyl (C=O) groups is 1. The number of benzene rings is 2. The van der Waals surface area contributed by atoms with Gasteiger partial charge in [0.25, 0.3) is 0 Å². The van der Waals surface area contributed by atoms with Gasteiger partial charge in [-0.1, -0.05) is 54.1 Å². The molecule has 1 atom stereocenters. The maximum Gasteiger partial charge on any atom is 0.224 e. The van der Waals surface area contributed by atoms with E-state index in [0.29, 0.717) is 49.7 Å². The number of carbonyl (C=O) groups excluding carboxylic acids is 1. The highest BCUT2D eigenvalue weighted by Crippen LogP contribution is 2.34. The average molecular weight is 491 g/mol. The molecule has 0 spiro atoms. The van der Waals surface area contributed by atoms with E-state index in [-0.39, 0.29) is 29.5 Å². The number of rotatable bonds is 7. The first-order chi connectivity index (χ1) is 15.9. The van der Waals surface area contributed by atoms with Gasteiger partial charge in [-0.3, -0.25) is 4.79 Å². The third-order valence-corrected chi connectivity index (χ3v) is 8.92. The number of amides is 1. The monoisotopic (exact) mass is 490 g/mol. The number of halogens is 1. The largest absolute Gasteiger partial charge is 0.381 e. The Morgan fingerprint density at radius 2 is 1.79 bits per heavy atom. The van der Waals surface area contributed by atoms with Gasteiger partial charge in [-0.05, 0) is 48.9 Å². The second-order valence-corrected chi connectivity index (χ2v) is 11.5. The minimum atomic E-state index is -3.51. The fourth-order valence-corrected chi connectivity index (χ4v) is 6.55. The lowest BCUT2D eigenvalue weighted by Crippen LogP contribution is -2.49. The van der Waals surface area contributed by atoms with E-state index in [9.17, 15) is 13.2 Å². The van der Waals surface area contributed by atoms with Crippen molar-refractivity contribution >= 4 is 27.5 Å². The number of sulfonamides is 1. The van der Waals surface area contributed by atoms with Crippen molar-refractivity contribution in [3.8, 4) is 0 Å². The van der Waals surface area contributed by atoms with E-state index < -0.39 is 10.0 Å². The van der Waals surface area contributed by atoms with Crippen LogP contribution in [0.15, 0.2) is 54.6 Å². The fourth-order valence-electron chi connectivity index (χ4n) is 4.81. The Balaban J connectivity index is 1.39. The summed E-state index contributed by atoms with van der Waals surface area (Å²) < 4.78 is 33.0. The Bertz CT molecular complexity index is 1040. The van der Waals surface area contributed by atoms with E-state index in [1.807, 2.05) is 18.2 Å². The molecule has 1 amide bonds. The Labute approximate surface area is 201 Å². The molecular weight excluding hydrogens is 460 g/mol. The molecule has 2 aliphatic heterocycles. The molecule has 0 radical (unpaired) electrons. The van der Waals surface area contributed by atoms with Gasteiger partial charge in [0.05, 0.1) is 11.7 Å². The zero-order chi connectivity index (χ0) is 23.3. The van der Waals surface area contributed by atoms with Gasteiger partial charge in [0.15, 0.2) is 0 Å². The predicted molar refractivity (Wildman–Crippen MR) is 130 cm³/mol. The number of hydrogen-bond acceptors (Lipinski definition) is 4. The first-order valence-electron chi connectivity index (χ1n) is 11.5. The van der Waals surface area contributed by atoms with E-state index in [1.165, 1.54) is 9.87 Å². The number of nitrogens with zero attached hydrogens (tertiary/aromatic N) is 1. The average Bonchev–Trinajstić information content (AvgIpc) is 2.85. The van der Waals surface area contributed by atoms with Crippen LogP contribution in [0.5, 0.6) is 0 Å². The molecule has 2 fully saturated rings. The van der Waals surface area contributed by atoms with Crippen LogP contribution in [-0.4, -0.2) is 51.5 Å². The van der Waals surface area contributed by atoms with Crippen molar-refractivity contribution in [1.82, 2.24) is 9.62 Å². The van der Waals surface area contributed by atoms with Gasteiger partial charge in [0.1, 0.15) is 0 Å². The molecule has 2 saturated heterocycles. The quantitative estimate of drug-likeness (QED) is 0.641. The molecule has 2 aromatic rings. The minimum Gasteiger partial charge on any atom is -0.381 e. The van der Waals surface area contributed by atoms with E-state index in [1.54, 1.807) is 24.3 Å². The van der Waals surface area contributed by atoms with Crippen LogP contribution in [0.2, 0.25) is 5.02 Å². The number of nitrogens with one attached hydrogen (secondary N) is 1. The van der Waals surface area contributed by atoms with Gasteiger partial charge in [0.2, 0.25) is 15.9 Å². The Morgan fingerprint density at radius 1 is 1.09 bits per heavy atom. The van der Waals surface area contributed by atoms with Crippen molar-refractivity contribution in [2.75, 3.05) is 32.8 Å². The summed E-state index contributed by atoms with van der Waals surface area (Å²) in [6.07, 6.45) is 3.07. The molecule has 33 heavy (non-hydrogen) atoms. The van der Waals surface area contributed by atoms with E-state index in [4.69, 9.17) is 16.3 Å². The SMILES string of the molecule is O=C(NCC1(c2ccccc2)CCOCC1)[C@H]1CCCN(S(=O)(=O)Cc2ccc(Cl)cc2)C1. The van der Waals surface area contributed by atoms with Gasteiger partial charge < -0.3 is 10.1 Å². The van der Waals surface area contributed by atoms with Crippen molar-refractivity contribution in [3.05, 3.63) is 70.7 Å². The highest BCUT2D eigenvalue weighted by atomic mass is 35.5. The van der Waals surface area contributed by atoms with Crippen molar-refractivity contribution in [1.29, 1.82) is 0 Å². The van der Waals surface area contributed by atoms with Crippen LogP contribution in [-0.2, 0) is 30.7 Å². The number of ether oxygens (including phenoxy) is 1. The predicted octanol–water partition coefficient (Wildman–Crippen LogP) is 3.75. The van der Waals surface area contributed by atoms with Crippen LogP contribution in [0.4, 0.5) is 0 Å². The van der Waals surface area contributed by atoms with Crippen LogP contribution < -0.4 is 5.32 Å². The molecule has 8 heteroatoms. The topological polar surface area (TPSA) is 75.7 Å². The summed E-state index contributed by atoms with van der Waals surface area (Å²) in [5.74, 6) is -0.495. The van der Waals surface area contributed by atoms with Crippen molar-refractivity contribution < 1.29 is 17.9 Å². The molecule has 6 nitrogen and oxygen atoms in total. The molecule has 0 bridgehead atoms. The number of hydrogen-bond donors (Lipinski definition) is 1. The molecular formula is C25H31ClN2O4S. The molecule has 0 saturated carbocycles. The van der Waals surface area contributed by atoms with Crippen molar-refractivity contribution in [3.63, 3.8) is 0 Å². The summed E-state index contributed by atoms with van der Waals surface area (Å²) in [6, 6.07) is 17.1. The molecule has 2 heterocycles. The second kappa shape index (κ2) is 10.6. The Kier molecular flexibility index (Phi) is 7.74. The first-order valence-corrected chi connectivity index (χ1v) is 13.5. The zero-order valence-corrected chi connectivity index (χ0v) is 20.3. The fraction of sp³-hybridized carbons (Fsp3) is 0.480. The molecule has 0 aromatic heterocycles. The standard InChI is InChI=1S/C25H31ClN2O4S/c26-23-10-8-20(9-11-23)18-33(30,31)28-14-4-5-21(17-28)24(29)27-19-25(12-15-32-16-13-25)22-6-2-1-3-7-22/h1-3,6-11,21H,4-5,12-19H2,(H,27,29)/t21-/m0/s1. The summed E-state index contributed by atoms with van der Waals surface area (Å²) in [5, 5.41) is 3.73. The molecule has 2 aliphatic rings. The molecule has 0 unspecified atom stereocenters. The lowest BCUT2D eigenvalue weighted by molar-refractivity contribution is -0.126. The second-order valence-electron chi connectivity index (χ2n) is 9.06. The van der Waals surface area contributed by atoms with E-state index in [2.05, 4.69) is 17.4 Å². The Hall–Kier alpha value is -1.93. The van der Waals surface area contributed by atoms with Crippen LogP contribution >= 0.6 is 11.6 Å². The summed E-state index contributed by atoms with van der Waals surface area (Å²) in [5.41, 5.74) is 1.75. The highest BCUT2D eigenvalue weighted by molar-refractivity contribution is 7.88. The summed E-state index contributed by atoms with van der Waals surface area (Å²) in [4.78, 5) is 13.1. The van der Waals surface area contributed by atoms with E-state index >= 15 is 0 Å². The summed E-state index contributed by atoms with van der Waals surface area (Å²) in [7, 11) is -3.51. The van der Waals surface area contributed by atoms with Crippen molar-refractivity contribution in [2.45, 2.75) is 36.9 Å². The van der Waals surface area contributed by atoms with Crippen LogP contribution in [0.3, 0.4) is 0 Å². The van der Waals surface area contributed by atoms with Crippen LogP contribution in [0, 0.1) is 5.92 Å². The maximum absolute atomic E-state index is 13.1. The van der Waals surface area contributed by atoms with Gasteiger partial charge in [-0.15, -0.1) is 0 Å². The lowest BCUT2D eigenvalue weighted by Gasteiger charge is -2.38. The third-order valence-electron chi connectivity index (χ3n) is 6.85. The van der Waals surface area contributed by atoms with Gasteiger partial charge >= 0.3 is 0 Å². The normalized spacial score (nSPS) is 21.4. The van der Waals surface area contributed by atoms with Crippen molar-refractivity contribution in [2.24, 2.45) is 5.92 Å². The molecule has 4 rings (SSSR count).